The van der Waals surface area contributed by atoms with Crippen molar-refractivity contribution in [3.8, 4) is 5.75 Å². The minimum Gasteiger partial charge on any atom is -0.492 e. The molecule has 0 aliphatic rings. The standard InChI is InChI=1S/C15H25NO2/c1-11-7-8-12(2)13(9-11)18-10-14(16-5)15(3,4)17-6/h7-9,14,16H,10H2,1-6H3. The first-order chi connectivity index (χ1) is 8.40. The molecule has 0 radical (unpaired) electrons. The molecule has 0 saturated heterocycles. The van der Waals surface area contributed by atoms with E-state index in [9.17, 15) is 0 Å². The van der Waals surface area contributed by atoms with Crippen molar-refractivity contribution in [3.05, 3.63) is 29.3 Å². The summed E-state index contributed by atoms with van der Waals surface area (Å²) in [6.07, 6.45) is 0. The fourth-order valence-corrected chi connectivity index (χ4v) is 1.81. The van der Waals surface area contributed by atoms with Crippen LogP contribution in [0.4, 0.5) is 0 Å². The number of methoxy groups -OCH3 is 1. The second kappa shape index (κ2) is 6.21. The molecule has 0 heterocycles. The molecule has 1 atom stereocenters. The molecular weight excluding hydrogens is 226 g/mol. The Kier molecular flexibility index (Phi) is 5.17. The first-order valence-corrected chi connectivity index (χ1v) is 6.33. The van der Waals surface area contributed by atoms with E-state index in [0.29, 0.717) is 6.61 Å². The van der Waals surface area contributed by atoms with E-state index in [1.165, 1.54) is 5.56 Å². The number of hydrogen-bond donors (Lipinski definition) is 1. The minimum absolute atomic E-state index is 0.141. The van der Waals surface area contributed by atoms with Crippen LogP contribution in [0.3, 0.4) is 0 Å². The molecule has 0 amide bonds. The molecule has 0 bridgehead atoms. The Morgan fingerprint density at radius 1 is 1.28 bits per heavy atom. The third-order valence-electron chi connectivity index (χ3n) is 3.46. The maximum absolute atomic E-state index is 5.92. The van der Waals surface area contributed by atoms with Gasteiger partial charge in [-0.05, 0) is 51.9 Å². The lowest BCUT2D eigenvalue weighted by Gasteiger charge is -2.32. The molecule has 18 heavy (non-hydrogen) atoms. The van der Waals surface area contributed by atoms with Gasteiger partial charge in [0.1, 0.15) is 12.4 Å². The molecular formula is C15H25NO2. The van der Waals surface area contributed by atoms with Gasteiger partial charge in [0.15, 0.2) is 0 Å². The summed E-state index contributed by atoms with van der Waals surface area (Å²) < 4.78 is 11.4. The molecule has 0 aliphatic heterocycles. The maximum atomic E-state index is 5.92. The quantitative estimate of drug-likeness (QED) is 0.843. The van der Waals surface area contributed by atoms with Crippen LogP contribution in [0.15, 0.2) is 18.2 Å². The smallest absolute Gasteiger partial charge is 0.122 e. The zero-order valence-corrected chi connectivity index (χ0v) is 12.3. The second-order valence-corrected chi connectivity index (χ2v) is 5.23. The molecule has 1 rings (SSSR count). The number of likely N-dealkylation sites (N-methyl/N-ethyl adjacent to an activating group) is 1. The average molecular weight is 251 g/mol. The van der Waals surface area contributed by atoms with Crippen LogP contribution in [0, 0.1) is 13.8 Å². The van der Waals surface area contributed by atoms with Crippen LogP contribution in [0.1, 0.15) is 25.0 Å². The first kappa shape index (κ1) is 15.0. The molecule has 0 fully saturated rings. The van der Waals surface area contributed by atoms with Crippen LogP contribution in [0.5, 0.6) is 5.75 Å². The summed E-state index contributed by atoms with van der Waals surface area (Å²) in [6.45, 7) is 8.83. The third-order valence-corrected chi connectivity index (χ3v) is 3.46. The molecule has 102 valence electrons. The van der Waals surface area contributed by atoms with Crippen molar-refractivity contribution in [2.24, 2.45) is 0 Å². The van der Waals surface area contributed by atoms with E-state index in [0.717, 1.165) is 11.3 Å². The van der Waals surface area contributed by atoms with Crippen LogP contribution in [-0.4, -0.2) is 32.4 Å². The minimum atomic E-state index is -0.257. The van der Waals surface area contributed by atoms with E-state index >= 15 is 0 Å². The monoisotopic (exact) mass is 251 g/mol. The van der Waals surface area contributed by atoms with Gasteiger partial charge >= 0.3 is 0 Å². The Hall–Kier alpha value is -1.06. The lowest BCUT2D eigenvalue weighted by atomic mass is 9.99. The van der Waals surface area contributed by atoms with Crippen molar-refractivity contribution in [1.82, 2.24) is 5.32 Å². The fourth-order valence-electron chi connectivity index (χ4n) is 1.81. The van der Waals surface area contributed by atoms with E-state index < -0.39 is 0 Å². The van der Waals surface area contributed by atoms with Crippen molar-refractivity contribution in [1.29, 1.82) is 0 Å². The largest absolute Gasteiger partial charge is 0.492 e. The van der Waals surface area contributed by atoms with Crippen LogP contribution in [0.2, 0.25) is 0 Å². The summed E-state index contributed by atoms with van der Waals surface area (Å²) in [6, 6.07) is 6.39. The molecule has 1 N–H and O–H groups in total. The topological polar surface area (TPSA) is 30.5 Å². The summed E-state index contributed by atoms with van der Waals surface area (Å²) in [4.78, 5) is 0. The van der Waals surface area contributed by atoms with Gasteiger partial charge in [0.05, 0.1) is 11.6 Å². The van der Waals surface area contributed by atoms with Crippen molar-refractivity contribution >= 4 is 0 Å². The zero-order valence-electron chi connectivity index (χ0n) is 12.3. The van der Waals surface area contributed by atoms with E-state index in [1.807, 2.05) is 7.05 Å². The molecule has 1 aromatic rings. The Balaban J connectivity index is 2.71. The molecule has 0 aliphatic carbocycles. The van der Waals surface area contributed by atoms with Gasteiger partial charge in [0, 0.05) is 7.11 Å². The number of nitrogens with one attached hydrogen (secondary N) is 1. The van der Waals surface area contributed by atoms with Crippen molar-refractivity contribution < 1.29 is 9.47 Å². The van der Waals surface area contributed by atoms with Crippen LogP contribution in [-0.2, 0) is 4.74 Å². The second-order valence-electron chi connectivity index (χ2n) is 5.23. The Labute approximate surface area is 110 Å². The third kappa shape index (κ3) is 3.72. The molecule has 3 nitrogen and oxygen atoms in total. The highest BCUT2D eigenvalue weighted by molar-refractivity contribution is 5.36. The lowest BCUT2D eigenvalue weighted by molar-refractivity contribution is -0.0205. The predicted molar refractivity (Wildman–Crippen MR) is 75.3 cm³/mol. The molecule has 0 spiro atoms. The van der Waals surface area contributed by atoms with Gasteiger partial charge in [-0.1, -0.05) is 12.1 Å². The molecule has 3 heteroatoms. The number of ether oxygens (including phenoxy) is 2. The molecule has 1 aromatic carbocycles. The van der Waals surface area contributed by atoms with Crippen molar-refractivity contribution in [3.63, 3.8) is 0 Å². The fraction of sp³-hybridized carbons (Fsp3) is 0.600. The van der Waals surface area contributed by atoms with Crippen molar-refractivity contribution in [2.45, 2.75) is 39.3 Å². The van der Waals surface area contributed by atoms with E-state index in [-0.39, 0.29) is 11.6 Å². The zero-order chi connectivity index (χ0) is 13.8. The molecule has 1 unspecified atom stereocenters. The SMILES string of the molecule is CNC(COc1cc(C)ccc1C)C(C)(C)OC. The highest BCUT2D eigenvalue weighted by atomic mass is 16.5. The Morgan fingerprint density at radius 2 is 1.94 bits per heavy atom. The molecule has 0 aromatic heterocycles. The van der Waals surface area contributed by atoms with Gasteiger partial charge in [0.25, 0.3) is 0 Å². The molecule has 0 saturated carbocycles. The lowest BCUT2D eigenvalue weighted by Crippen LogP contribution is -2.50. The number of aryl methyl sites for hydroxylation is 2. The predicted octanol–water partition coefficient (Wildman–Crippen LogP) is 2.70. The Morgan fingerprint density at radius 3 is 2.50 bits per heavy atom. The van der Waals surface area contributed by atoms with Gasteiger partial charge in [-0.3, -0.25) is 0 Å². The van der Waals surface area contributed by atoms with Crippen LogP contribution in [0.25, 0.3) is 0 Å². The van der Waals surface area contributed by atoms with Crippen LogP contribution < -0.4 is 10.1 Å². The normalized spacial score (nSPS) is 13.4. The Bertz CT molecular complexity index is 388. The number of hydrogen-bond acceptors (Lipinski definition) is 3. The number of benzene rings is 1. The van der Waals surface area contributed by atoms with Gasteiger partial charge in [-0.25, -0.2) is 0 Å². The first-order valence-electron chi connectivity index (χ1n) is 6.33. The summed E-state index contributed by atoms with van der Waals surface area (Å²) in [5.74, 6) is 0.946. The van der Waals surface area contributed by atoms with E-state index in [2.05, 4.69) is 51.2 Å². The highest BCUT2D eigenvalue weighted by Gasteiger charge is 2.28. The summed E-state index contributed by atoms with van der Waals surface area (Å²) in [5, 5.41) is 3.25. The van der Waals surface area contributed by atoms with Gasteiger partial charge < -0.3 is 14.8 Å². The van der Waals surface area contributed by atoms with Gasteiger partial charge in [-0.2, -0.15) is 0 Å². The number of rotatable bonds is 6. The highest BCUT2D eigenvalue weighted by Crippen LogP contribution is 2.21. The van der Waals surface area contributed by atoms with E-state index in [1.54, 1.807) is 7.11 Å². The van der Waals surface area contributed by atoms with Crippen molar-refractivity contribution in [2.75, 3.05) is 20.8 Å². The summed E-state index contributed by atoms with van der Waals surface area (Å²) in [7, 11) is 3.65. The van der Waals surface area contributed by atoms with Gasteiger partial charge in [-0.15, -0.1) is 0 Å². The summed E-state index contributed by atoms with van der Waals surface area (Å²) in [5.41, 5.74) is 2.11. The van der Waals surface area contributed by atoms with Crippen LogP contribution >= 0.6 is 0 Å². The van der Waals surface area contributed by atoms with E-state index in [4.69, 9.17) is 9.47 Å². The average Bonchev–Trinajstić information content (AvgIpc) is 2.34. The van der Waals surface area contributed by atoms with Gasteiger partial charge in [0.2, 0.25) is 0 Å². The summed E-state index contributed by atoms with van der Waals surface area (Å²) >= 11 is 0. The maximum Gasteiger partial charge on any atom is 0.122 e.